The zero-order valence-corrected chi connectivity index (χ0v) is 9.89. The number of sulfone groups is 1. The number of nitrogens with one attached hydrogen (secondary N) is 1. The van der Waals surface area contributed by atoms with Gasteiger partial charge >= 0.3 is 6.18 Å². The van der Waals surface area contributed by atoms with Gasteiger partial charge in [0.15, 0.2) is 9.84 Å². The van der Waals surface area contributed by atoms with Crippen LogP contribution in [0.1, 0.15) is 12.5 Å². The van der Waals surface area contributed by atoms with Crippen LogP contribution in [0.3, 0.4) is 0 Å². The van der Waals surface area contributed by atoms with Crippen molar-refractivity contribution in [2.75, 3.05) is 5.32 Å². The first-order chi connectivity index (χ1) is 8.15. The Labute approximate surface area is 101 Å². The van der Waals surface area contributed by atoms with Gasteiger partial charge in [-0.25, -0.2) is 8.42 Å². The lowest BCUT2D eigenvalue weighted by molar-refractivity contribution is -0.137. The van der Waals surface area contributed by atoms with Crippen LogP contribution in [-0.2, 0) is 20.8 Å². The number of hydrogen-bond donors (Lipinski definition) is 1. The molecule has 1 aromatic carbocycles. The number of benzene rings is 1. The van der Waals surface area contributed by atoms with Crippen LogP contribution in [0.15, 0.2) is 23.1 Å². The zero-order valence-electron chi connectivity index (χ0n) is 9.08. The molecule has 0 aromatic heterocycles. The number of para-hydroxylation sites is 1. The third-order valence-electron chi connectivity index (χ3n) is 2.72. The molecule has 1 aromatic rings. The molecule has 0 fully saturated rings. The fourth-order valence-electron chi connectivity index (χ4n) is 1.69. The fraction of sp³-hybridized carbons (Fsp3) is 0.300. The van der Waals surface area contributed by atoms with E-state index in [0.29, 0.717) is 0 Å². The molecule has 1 amide bonds. The van der Waals surface area contributed by atoms with Crippen LogP contribution < -0.4 is 5.32 Å². The first-order valence-electron chi connectivity index (χ1n) is 4.90. The monoisotopic (exact) mass is 279 g/mol. The van der Waals surface area contributed by atoms with Crippen molar-refractivity contribution in [2.45, 2.75) is 23.2 Å². The summed E-state index contributed by atoms with van der Waals surface area (Å²) >= 11 is 0. The highest BCUT2D eigenvalue weighted by Crippen LogP contribution is 2.41. The smallest absolute Gasteiger partial charge is 0.323 e. The van der Waals surface area contributed by atoms with E-state index in [4.69, 9.17) is 0 Å². The molecule has 0 bridgehead atoms. The lowest BCUT2D eigenvalue weighted by atomic mass is 10.1. The lowest BCUT2D eigenvalue weighted by Crippen LogP contribution is -2.38. The summed E-state index contributed by atoms with van der Waals surface area (Å²) in [6.45, 7) is 1.13. The van der Waals surface area contributed by atoms with E-state index in [1.165, 1.54) is 0 Å². The minimum absolute atomic E-state index is 0.496. The maximum absolute atomic E-state index is 12.7. The van der Waals surface area contributed by atoms with Crippen molar-refractivity contribution in [3.8, 4) is 0 Å². The second kappa shape index (κ2) is 3.71. The Morgan fingerprint density at radius 1 is 1.28 bits per heavy atom. The summed E-state index contributed by atoms with van der Waals surface area (Å²) < 4.78 is 61.8. The molecule has 4 nitrogen and oxygen atoms in total. The standard InChI is InChI=1S/C10H8F3NO3S/c1-5-9(15)14-8-6(10(11,12)13)3-2-4-7(8)18(5,16)17/h2-5H,1H3,(H,14,15). The average Bonchev–Trinajstić information content (AvgIpc) is 2.24. The number of fused-ring (bicyclic) bond motifs is 1. The van der Waals surface area contributed by atoms with Gasteiger partial charge in [0.1, 0.15) is 5.25 Å². The number of carbonyl (C=O) groups is 1. The van der Waals surface area contributed by atoms with Crippen LogP contribution in [0.4, 0.5) is 18.9 Å². The molecule has 1 atom stereocenters. The maximum Gasteiger partial charge on any atom is 0.418 e. The number of carbonyl (C=O) groups excluding carboxylic acids is 1. The zero-order chi connectivity index (χ0) is 13.7. The molecule has 98 valence electrons. The minimum atomic E-state index is -4.73. The molecule has 0 saturated carbocycles. The summed E-state index contributed by atoms with van der Waals surface area (Å²) in [5.74, 6) is -0.959. The quantitative estimate of drug-likeness (QED) is 0.788. The van der Waals surface area contributed by atoms with Crippen LogP contribution in [0.2, 0.25) is 0 Å². The van der Waals surface area contributed by atoms with Crippen LogP contribution in [0.5, 0.6) is 0 Å². The molecule has 0 aliphatic carbocycles. The summed E-state index contributed by atoms with van der Waals surface area (Å²) in [6, 6.07) is 2.78. The second-order valence-corrected chi connectivity index (χ2v) is 6.09. The van der Waals surface area contributed by atoms with E-state index in [2.05, 4.69) is 0 Å². The molecular formula is C10H8F3NO3S. The molecule has 0 saturated heterocycles. The molecule has 1 N–H and O–H groups in total. The molecule has 0 spiro atoms. The topological polar surface area (TPSA) is 63.2 Å². The van der Waals surface area contributed by atoms with Gasteiger partial charge in [-0.2, -0.15) is 13.2 Å². The normalized spacial score (nSPS) is 22.2. The molecule has 2 rings (SSSR count). The highest BCUT2D eigenvalue weighted by atomic mass is 32.2. The van der Waals surface area contributed by atoms with Crippen molar-refractivity contribution in [3.63, 3.8) is 0 Å². The Morgan fingerprint density at radius 3 is 2.44 bits per heavy atom. The first-order valence-corrected chi connectivity index (χ1v) is 6.45. The average molecular weight is 279 g/mol. The maximum atomic E-state index is 12.7. The summed E-state index contributed by atoms with van der Waals surface area (Å²) in [6.07, 6.45) is -4.73. The Hall–Kier alpha value is -1.57. The third-order valence-corrected chi connectivity index (χ3v) is 4.82. The molecular weight excluding hydrogens is 271 g/mol. The first kappa shape index (κ1) is 12.9. The van der Waals surface area contributed by atoms with Gasteiger partial charge in [-0.3, -0.25) is 4.79 Å². The SMILES string of the molecule is CC1C(=O)Nc2c(C(F)(F)F)cccc2S1(=O)=O. The van der Waals surface area contributed by atoms with Crippen LogP contribution in [-0.4, -0.2) is 19.6 Å². The van der Waals surface area contributed by atoms with Crippen molar-refractivity contribution in [2.24, 2.45) is 0 Å². The van der Waals surface area contributed by atoms with Crippen molar-refractivity contribution in [1.29, 1.82) is 0 Å². The molecule has 1 heterocycles. The van der Waals surface area contributed by atoms with Gasteiger partial charge in [0.2, 0.25) is 5.91 Å². The number of rotatable bonds is 0. The molecule has 0 radical (unpaired) electrons. The van der Waals surface area contributed by atoms with E-state index >= 15 is 0 Å². The Bertz CT molecular complexity index is 622. The highest BCUT2D eigenvalue weighted by Gasteiger charge is 2.42. The number of halogens is 3. The van der Waals surface area contributed by atoms with Crippen LogP contribution in [0.25, 0.3) is 0 Å². The largest absolute Gasteiger partial charge is 0.418 e. The third kappa shape index (κ3) is 1.76. The summed E-state index contributed by atoms with van der Waals surface area (Å²) in [5, 5.41) is 0.607. The van der Waals surface area contributed by atoms with Gasteiger partial charge in [0.05, 0.1) is 16.1 Å². The number of amides is 1. The second-order valence-electron chi connectivity index (χ2n) is 3.85. The lowest BCUT2D eigenvalue weighted by Gasteiger charge is -2.25. The Balaban J connectivity index is 2.78. The van der Waals surface area contributed by atoms with E-state index in [1.54, 1.807) is 0 Å². The van der Waals surface area contributed by atoms with E-state index in [-0.39, 0.29) is 0 Å². The van der Waals surface area contributed by atoms with Gasteiger partial charge in [-0.1, -0.05) is 6.07 Å². The predicted octanol–water partition coefficient (Wildman–Crippen LogP) is 1.82. The molecule has 1 unspecified atom stereocenters. The van der Waals surface area contributed by atoms with E-state index in [9.17, 15) is 26.4 Å². The minimum Gasteiger partial charge on any atom is -0.323 e. The number of anilines is 1. The summed E-state index contributed by atoms with van der Waals surface area (Å²) in [4.78, 5) is 10.9. The van der Waals surface area contributed by atoms with Gasteiger partial charge in [-0.15, -0.1) is 0 Å². The van der Waals surface area contributed by atoms with Gasteiger partial charge in [0.25, 0.3) is 0 Å². The Morgan fingerprint density at radius 2 is 1.89 bits per heavy atom. The summed E-state index contributed by atoms with van der Waals surface area (Å²) in [7, 11) is -4.06. The van der Waals surface area contributed by atoms with Gasteiger partial charge in [0, 0.05) is 0 Å². The molecule has 8 heteroatoms. The van der Waals surface area contributed by atoms with Crippen molar-refractivity contribution in [3.05, 3.63) is 23.8 Å². The highest BCUT2D eigenvalue weighted by molar-refractivity contribution is 7.93. The van der Waals surface area contributed by atoms with Gasteiger partial charge in [-0.05, 0) is 19.1 Å². The van der Waals surface area contributed by atoms with E-state index < -0.39 is 43.3 Å². The number of hydrogen-bond acceptors (Lipinski definition) is 3. The van der Waals surface area contributed by atoms with Crippen LogP contribution >= 0.6 is 0 Å². The van der Waals surface area contributed by atoms with E-state index in [1.807, 2.05) is 5.32 Å². The van der Waals surface area contributed by atoms with Crippen molar-refractivity contribution in [1.82, 2.24) is 0 Å². The Kier molecular flexibility index (Phi) is 2.65. The van der Waals surface area contributed by atoms with Crippen molar-refractivity contribution < 1.29 is 26.4 Å². The summed E-state index contributed by atoms with van der Waals surface area (Å²) in [5.41, 5.74) is -1.85. The van der Waals surface area contributed by atoms with Crippen LogP contribution in [0, 0.1) is 0 Å². The molecule has 1 aliphatic rings. The molecule has 1 aliphatic heterocycles. The van der Waals surface area contributed by atoms with Crippen molar-refractivity contribution >= 4 is 21.4 Å². The predicted molar refractivity (Wildman–Crippen MR) is 56.7 cm³/mol. The van der Waals surface area contributed by atoms with E-state index in [0.717, 1.165) is 25.1 Å². The van der Waals surface area contributed by atoms with Gasteiger partial charge < -0.3 is 5.32 Å². The fourth-order valence-corrected chi connectivity index (χ4v) is 3.12. The number of alkyl halides is 3. The molecule has 18 heavy (non-hydrogen) atoms.